The molecule has 0 fully saturated rings. The third-order valence-electron chi connectivity index (χ3n) is 15.9. The molecule has 4 aromatic rings. The van der Waals surface area contributed by atoms with Crippen LogP contribution in [0, 0.1) is 0 Å². The highest BCUT2D eigenvalue weighted by molar-refractivity contribution is 5.99. The average molecular weight is 1040 g/mol. The van der Waals surface area contributed by atoms with Crippen molar-refractivity contribution in [1.82, 2.24) is 0 Å². The molecule has 0 radical (unpaired) electrons. The van der Waals surface area contributed by atoms with Gasteiger partial charge in [0.1, 0.15) is 23.0 Å². The number of phenolic OH excluding ortho intramolecular Hbond substituents is 4. The van der Waals surface area contributed by atoms with Crippen molar-refractivity contribution < 1.29 is 39.6 Å². The van der Waals surface area contributed by atoms with E-state index in [0.29, 0.717) is 92.4 Å². The van der Waals surface area contributed by atoms with E-state index in [9.17, 15) is 39.6 Å². The number of phenols is 4. The number of ketones is 4. The first-order valence-corrected chi connectivity index (χ1v) is 30.4. The Morgan fingerprint density at radius 3 is 0.566 bits per heavy atom. The number of carbonyl (C=O) groups excluding carboxylic acids is 4. The Bertz CT molecular complexity index is 2040. The number of unbranched alkanes of at least 4 members (excludes halogenated alkanes) is 24. The van der Waals surface area contributed by atoms with Crippen LogP contribution < -0.4 is 0 Å². The number of benzene rings is 4. The van der Waals surface area contributed by atoms with Crippen molar-refractivity contribution in [3.8, 4) is 23.0 Å². The van der Waals surface area contributed by atoms with E-state index in [-0.39, 0.29) is 71.8 Å². The van der Waals surface area contributed by atoms with E-state index < -0.39 is 0 Å². The van der Waals surface area contributed by atoms with Gasteiger partial charge in [0.05, 0.1) is 0 Å². The monoisotopic (exact) mass is 1040 g/mol. The van der Waals surface area contributed by atoms with Gasteiger partial charge in [-0.1, -0.05) is 182 Å². The number of rotatable bonds is 36. The second-order valence-corrected chi connectivity index (χ2v) is 22.5. The zero-order chi connectivity index (χ0) is 54.7. The molecule has 76 heavy (non-hydrogen) atoms. The lowest BCUT2D eigenvalue weighted by molar-refractivity contribution is 0.0971. The number of carbonyl (C=O) groups is 4. The van der Waals surface area contributed by atoms with Gasteiger partial charge in [-0.3, -0.25) is 19.2 Å². The molecule has 4 N–H and O–H groups in total. The highest BCUT2D eigenvalue weighted by Crippen LogP contribution is 2.40. The summed E-state index contributed by atoms with van der Waals surface area (Å²) in [5, 5.41) is 49.2. The van der Waals surface area contributed by atoms with Gasteiger partial charge in [0.2, 0.25) is 0 Å². The maximum absolute atomic E-state index is 14.2. The van der Waals surface area contributed by atoms with Gasteiger partial charge in [-0.25, -0.2) is 0 Å². The van der Waals surface area contributed by atoms with Crippen LogP contribution in [-0.4, -0.2) is 43.6 Å². The molecule has 0 aliphatic heterocycles. The van der Waals surface area contributed by atoms with Crippen molar-refractivity contribution in [2.24, 2.45) is 0 Å². The molecular weight excluding hydrogens is 945 g/mol. The van der Waals surface area contributed by atoms with Crippen LogP contribution in [0.4, 0.5) is 0 Å². The van der Waals surface area contributed by atoms with E-state index in [2.05, 4.69) is 27.7 Å². The maximum Gasteiger partial charge on any atom is 0.162 e. The minimum atomic E-state index is -0.0898. The van der Waals surface area contributed by atoms with E-state index in [0.717, 1.165) is 103 Å². The summed E-state index contributed by atoms with van der Waals surface area (Å²) in [6.45, 7) is 8.78. The molecule has 1 aliphatic rings. The lowest BCUT2D eigenvalue weighted by atomic mass is 9.86. The standard InChI is InChI=1S/C68H96O8/c1-5-9-13-17-21-25-29-33-61(69)49-37-53-45-55-39-50(62(70)34-30-26-22-18-14-10-6-2)41-57(66(55)74)47-59-43-52(64(72)36-32-28-24-20-16-12-8-4)44-60(68(59)76)48-58-42-51(63(71)35-31-27-23-19-15-11-7-3)40-56(67(58)75)46-54(38-49)65(53)73/h37-44,73-76H,5-36,45-48H2,1-4H3. The molecule has 0 saturated carbocycles. The van der Waals surface area contributed by atoms with Crippen molar-refractivity contribution in [3.63, 3.8) is 0 Å². The van der Waals surface area contributed by atoms with Gasteiger partial charge < -0.3 is 20.4 Å². The predicted octanol–water partition coefficient (Wildman–Crippen LogP) is 18.5. The summed E-state index contributed by atoms with van der Waals surface area (Å²) < 4.78 is 0. The molecule has 0 aromatic heterocycles. The highest BCUT2D eigenvalue weighted by Gasteiger charge is 2.25. The van der Waals surface area contributed by atoms with Gasteiger partial charge in [-0.15, -0.1) is 0 Å². The van der Waals surface area contributed by atoms with E-state index >= 15 is 0 Å². The number of aromatic hydroxyl groups is 4. The largest absolute Gasteiger partial charge is 0.507 e. The third-order valence-corrected chi connectivity index (χ3v) is 15.9. The number of fused-ring (bicyclic) bond motifs is 8. The van der Waals surface area contributed by atoms with Crippen LogP contribution in [0.25, 0.3) is 0 Å². The van der Waals surface area contributed by atoms with E-state index in [1.54, 1.807) is 48.5 Å². The Morgan fingerprint density at radius 1 is 0.263 bits per heavy atom. The molecule has 0 unspecified atom stereocenters. The highest BCUT2D eigenvalue weighted by atomic mass is 16.3. The topological polar surface area (TPSA) is 149 Å². The summed E-state index contributed by atoms with van der Waals surface area (Å²) in [4.78, 5) is 56.7. The van der Waals surface area contributed by atoms with Crippen molar-refractivity contribution >= 4 is 23.1 Å². The van der Waals surface area contributed by atoms with Crippen LogP contribution in [-0.2, 0) is 25.7 Å². The van der Waals surface area contributed by atoms with Crippen molar-refractivity contribution in [1.29, 1.82) is 0 Å². The molecule has 0 heterocycles. The smallest absolute Gasteiger partial charge is 0.162 e. The zero-order valence-electron chi connectivity index (χ0n) is 47.5. The molecule has 8 heteroatoms. The summed E-state index contributed by atoms with van der Waals surface area (Å²) in [7, 11) is 0. The summed E-state index contributed by atoms with van der Waals surface area (Å²) in [5.74, 6) is -0.623. The lowest BCUT2D eigenvalue weighted by Gasteiger charge is -2.20. The van der Waals surface area contributed by atoms with Crippen molar-refractivity contribution in [3.05, 3.63) is 115 Å². The van der Waals surface area contributed by atoms with Gasteiger partial charge in [0.25, 0.3) is 0 Å². The summed E-state index contributed by atoms with van der Waals surface area (Å²) in [6.07, 6.45) is 30.9. The first kappa shape index (κ1) is 61.6. The molecular formula is C68H96O8. The predicted molar refractivity (Wildman–Crippen MR) is 311 cm³/mol. The molecule has 0 spiro atoms. The van der Waals surface area contributed by atoms with Crippen LogP contribution >= 0.6 is 0 Å². The number of hydrogen-bond acceptors (Lipinski definition) is 8. The fourth-order valence-corrected chi connectivity index (χ4v) is 11.1. The van der Waals surface area contributed by atoms with Crippen molar-refractivity contribution in [2.45, 2.75) is 259 Å². The fourth-order valence-electron chi connectivity index (χ4n) is 11.1. The van der Waals surface area contributed by atoms with E-state index in [1.807, 2.05) is 0 Å². The van der Waals surface area contributed by atoms with Crippen LogP contribution in [0.5, 0.6) is 23.0 Å². The summed E-state index contributed by atoms with van der Waals surface area (Å²) >= 11 is 0. The Kier molecular flexibility index (Phi) is 27.4. The molecule has 0 saturated heterocycles. The molecule has 416 valence electrons. The molecule has 5 rings (SSSR count). The maximum atomic E-state index is 14.2. The Labute approximate surface area is 457 Å². The van der Waals surface area contributed by atoms with Gasteiger partial charge in [-0.2, -0.15) is 0 Å². The first-order valence-electron chi connectivity index (χ1n) is 30.4. The van der Waals surface area contributed by atoms with Gasteiger partial charge in [-0.05, 0) is 119 Å². The molecule has 0 atom stereocenters. The van der Waals surface area contributed by atoms with E-state index in [4.69, 9.17) is 0 Å². The average Bonchev–Trinajstić information content (AvgIpc) is 3.42. The number of hydrogen-bond donors (Lipinski definition) is 4. The van der Waals surface area contributed by atoms with Gasteiger partial charge in [0.15, 0.2) is 23.1 Å². The lowest BCUT2D eigenvalue weighted by Crippen LogP contribution is -2.09. The SMILES string of the molecule is CCCCCCCCCC(=O)c1cc2c(O)c(c1)Cc1cc(C(=O)CCCCCCCCC)cc(c1O)Cc1cc(C(=O)CCCCCCCCC)cc(c1O)Cc1cc(C(=O)CCCCCCCCC)cc(c1O)C2. The minimum absolute atomic E-state index is 0.0167. The molecule has 1 aliphatic carbocycles. The summed E-state index contributed by atoms with van der Waals surface area (Å²) in [6, 6.07) is 13.6. The Hall–Kier alpha value is -5.24. The van der Waals surface area contributed by atoms with E-state index in [1.165, 1.54) is 77.0 Å². The van der Waals surface area contributed by atoms with Crippen LogP contribution in [0.2, 0.25) is 0 Å². The first-order chi connectivity index (χ1) is 36.9. The normalized spacial score (nSPS) is 12.3. The van der Waals surface area contributed by atoms with Gasteiger partial charge >= 0.3 is 0 Å². The van der Waals surface area contributed by atoms with Crippen LogP contribution in [0.1, 0.15) is 319 Å². The molecule has 8 bridgehead atoms. The quantitative estimate of drug-likeness (QED) is 0.0229. The van der Waals surface area contributed by atoms with Gasteiger partial charge in [0, 0.05) is 73.6 Å². The fraction of sp³-hybridized carbons (Fsp3) is 0.588. The second kappa shape index (κ2) is 33.8. The zero-order valence-corrected chi connectivity index (χ0v) is 47.5. The Morgan fingerprint density at radius 2 is 0.408 bits per heavy atom. The Balaban J connectivity index is 1.63. The number of Topliss-reactive ketones (excluding diaryl/α,β-unsaturated/α-hetero) is 4. The van der Waals surface area contributed by atoms with Crippen molar-refractivity contribution in [2.75, 3.05) is 0 Å². The van der Waals surface area contributed by atoms with Crippen LogP contribution in [0.15, 0.2) is 48.5 Å². The third kappa shape index (κ3) is 19.6. The summed E-state index contributed by atoms with van der Waals surface area (Å²) in [5.41, 5.74) is 4.77. The molecule has 0 amide bonds. The second-order valence-electron chi connectivity index (χ2n) is 22.5. The van der Waals surface area contributed by atoms with Crippen LogP contribution in [0.3, 0.4) is 0 Å². The molecule has 8 nitrogen and oxygen atoms in total. The minimum Gasteiger partial charge on any atom is -0.507 e. The molecule has 4 aromatic carbocycles.